The summed E-state index contributed by atoms with van der Waals surface area (Å²) in [6, 6.07) is 12.5. The molecule has 6 rings (SSSR count). The molecule has 198 valence electrons. The summed E-state index contributed by atoms with van der Waals surface area (Å²) in [6.45, 7) is 7.89. The lowest BCUT2D eigenvalue weighted by molar-refractivity contribution is -0.137. The van der Waals surface area contributed by atoms with Crippen LogP contribution in [0.3, 0.4) is 0 Å². The van der Waals surface area contributed by atoms with E-state index in [0.29, 0.717) is 22.9 Å². The molecule has 6 nitrogen and oxygen atoms in total. The minimum atomic E-state index is -4.58. The van der Waals surface area contributed by atoms with Crippen LogP contribution in [0.2, 0.25) is 0 Å². The Hall–Kier alpha value is -3.43. The lowest BCUT2D eigenvalue weighted by Crippen LogP contribution is -2.48. The fraction of sp³-hybridized carbons (Fsp3) is 0.379. The molecule has 9 heteroatoms. The summed E-state index contributed by atoms with van der Waals surface area (Å²) in [4.78, 5) is 14.0. The number of nitrogens with one attached hydrogen (secondary N) is 3. The maximum atomic E-state index is 14.0. The molecular formula is C29H31F3N6. The van der Waals surface area contributed by atoms with Crippen LogP contribution in [0.25, 0.3) is 22.2 Å². The summed E-state index contributed by atoms with van der Waals surface area (Å²) in [6.07, 6.45) is 0.210. The van der Waals surface area contributed by atoms with Crippen LogP contribution >= 0.6 is 0 Å². The van der Waals surface area contributed by atoms with E-state index in [1.807, 2.05) is 25.1 Å². The topological polar surface area (TPSA) is 68.9 Å². The minimum Gasteiger partial charge on any atom is -0.360 e. The Morgan fingerprint density at radius 1 is 1.13 bits per heavy atom. The Labute approximate surface area is 219 Å². The van der Waals surface area contributed by atoms with Crippen molar-refractivity contribution in [2.45, 2.75) is 51.4 Å². The fourth-order valence-electron chi connectivity index (χ4n) is 5.37. The van der Waals surface area contributed by atoms with Crippen LogP contribution < -0.4 is 10.6 Å². The molecule has 2 aromatic heterocycles. The molecule has 1 saturated heterocycles. The number of hydrogen-bond acceptors (Lipinski definition) is 5. The van der Waals surface area contributed by atoms with Gasteiger partial charge in [0.05, 0.1) is 5.69 Å². The highest BCUT2D eigenvalue weighted by Gasteiger charge is 2.36. The van der Waals surface area contributed by atoms with Crippen molar-refractivity contribution in [1.82, 2.24) is 25.2 Å². The molecule has 4 aromatic rings. The van der Waals surface area contributed by atoms with Gasteiger partial charge in [-0.2, -0.15) is 13.2 Å². The van der Waals surface area contributed by atoms with E-state index in [-0.39, 0.29) is 11.6 Å². The number of fused-ring (bicyclic) bond motifs is 1. The van der Waals surface area contributed by atoms with E-state index < -0.39 is 11.7 Å². The summed E-state index contributed by atoms with van der Waals surface area (Å²) in [5.41, 5.74) is 4.44. The second-order valence-electron chi connectivity index (χ2n) is 10.7. The number of rotatable bonds is 6. The first kappa shape index (κ1) is 24.9. The molecule has 2 fully saturated rings. The number of halogens is 3. The van der Waals surface area contributed by atoms with E-state index in [0.717, 1.165) is 62.0 Å². The third kappa shape index (κ3) is 5.26. The molecule has 1 saturated carbocycles. The van der Waals surface area contributed by atoms with E-state index in [2.05, 4.69) is 55.6 Å². The number of alkyl halides is 3. The summed E-state index contributed by atoms with van der Waals surface area (Å²) in [5.74, 6) is 0.681. The van der Waals surface area contributed by atoms with Gasteiger partial charge in [0.2, 0.25) is 5.95 Å². The fourth-order valence-corrected chi connectivity index (χ4v) is 5.37. The van der Waals surface area contributed by atoms with E-state index in [4.69, 9.17) is 0 Å². The van der Waals surface area contributed by atoms with Gasteiger partial charge in [-0.3, -0.25) is 4.90 Å². The lowest BCUT2D eigenvalue weighted by Gasteiger charge is -2.32. The highest BCUT2D eigenvalue weighted by atomic mass is 19.4. The SMILES string of the molecule is Cc1ccc2c(-c3nc(Nc4cc(CN5CCN[C@@H](C)C5)cc(C5CC5)c4)ncc3C(F)(F)F)c[nH]c2c1. The van der Waals surface area contributed by atoms with Gasteiger partial charge in [0, 0.05) is 66.8 Å². The number of benzene rings is 2. The van der Waals surface area contributed by atoms with Gasteiger partial charge in [0.15, 0.2) is 0 Å². The van der Waals surface area contributed by atoms with E-state index >= 15 is 0 Å². The summed E-state index contributed by atoms with van der Waals surface area (Å²) >= 11 is 0. The van der Waals surface area contributed by atoms with Crippen molar-refractivity contribution in [1.29, 1.82) is 0 Å². The number of aromatic amines is 1. The Morgan fingerprint density at radius 3 is 2.74 bits per heavy atom. The van der Waals surface area contributed by atoms with Crippen molar-refractivity contribution in [3.63, 3.8) is 0 Å². The van der Waals surface area contributed by atoms with E-state index in [1.54, 1.807) is 6.20 Å². The summed E-state index contributed by atoms with van der Waals surface area (Å²) < 4.78 is 42.0. The van der Waals surface area contributed by atoms with Crippen LogP contribution in [0.1, 0.15) is 47.9 Å². The van der Waals surface area contributed by atoms with Gasteiger partial charge < -0.3 is 15.6 Å². The van der Waals surface area contributed by atoms with Gasteiger partial charge in [-0.25, -0.2) is 9.97 Å². The Bertz CT molecular complexity index is 1470. The van der Waals surface area contributed by atoms with Crippen LogP contribution in [0.15, 0.2) is 48.8 Å². The summed E-state index contributed by atoms with van der Waals surface area (Å²) in [5, 5.41) is 7.38. The molecule has 38 heavy (non-hydrogen) atoms. The number of piperazine rings is 1. The molecule has 0 radical (unpaired) electrons. The average molecular weight is 521 g/mol. The van der Waals surface area contributed by atoms with Crippen molar-refractivity contribution in [2.24, 2.45) is 0 Å². The van der Waals surface area contributed by atoms with Crippen LogP contribution in [-0.2, 0) is 12.7 Å². The first-order valence-corrected chi connectivity index (χ1v) is 13.1. The average Bonchev–Trinajstić information content (AvgIpc) is 3.63. The van der Waals surface area contributed by atoms with E-state index in [9.17, 15) is 13.2 Å². The monoisotopic (exact) mass is 520 g/mol. The molecule has 3 heterocycles. The van der Waals surface area contributed by atoms with Crippen LogP contribution in [0.4, 0.5) is 24.8 Å². The Kier molecular flexibility index (Phi) is 6.36. The van der Waals surface area contributed by atoms with Crippen molar-refractivity contribution in [3.8, 4) is 11.3 Å². The predicted octanol–water partition coefficient (Wildman–Crippen LogP) is 6.37. The summed E-state index contributed by atoms with van der Waals surface area (Å²) in [7, 11) is 0. The molecule has 2 aliphatic rings. The van der Waals surface area contributed by atoms with Gasteiger partial charge in [-0.1, -0.05) is 18.2 Å². The highest BCUT2D eigenvalue weighted by Crippen LogP contribution is 2.42. The third-order valence-corrected chi connectivity index (χ3v) is 7.37. The first-order valence-electron chi connectivity index (χ1n) is 13.1. The van der Waals surface area contributed by atoms with Crippen molar-refractivity contribution >= 4 is 22.5 Å². The molecule has 1 aliphatic heterocycles. The van der Waals surface area contributed by atoms with Gasteiger partial charge in [0.25, 0.3) is 0 Å². The van der Waals surface area contributed by atoms with Crippen molar-refractivity contribution < 1.29 is 13.2 Å². The number of aromatic nitrogens is 3. The van der Waals surface area contributed by atoms with Crippen molar-refractivity contribution in [3.05, 3.63) is 71.0 Å². The molecular weight excluding hydrogens is 489 g/mol. The predicted molar refractivity (Wildman–Crippen MR) is 144 cm³/mol. The smallest absolute Gasteiger partial charge is 0.360 e. The second-order valence-corrected chi connectivity index (χ2v) is 10.7. The van der Waals surface area contributed by atoms with Crippen LogP contribution in [-0.4, -0.2) is 45.5 Å². The number of aryl methyl sites for hydroxylation is 1. The molecule has 0 amide bonds. The number of hydrogen-bond donors (Lipinski definition) is 3. The number of H-pyrrole nitrogens is 1. The molecule has 2 aromatic carbocycles. The molecule has 3 N–H and O–H groups in total. The van der Waals surface area contributed by atoms with Gasteiger partial charge in [-0.15, -0.1) is 0 Å². The second kappa shape index (κ2) is 9.71. The quantitative estimate of drug-likeness (QED) is 0.276. The van der Waals surface area contributed by atoms with Gasteiger partial charge in [-0.05, 0) is 67.5 Å². The normalized spacial score (nSPS) is 18.7. The van der Waals surface area contributed by atoms with Gasteiger partial charge >= 0.3 is 6.18 Å². The third-order valence-electron chi connectivity index (χ3n) is 7.37. The van der Waals surface area contributed by atoms with E-state index in [1.165, 1.54) is 11.1 Å². The highest BCUT2D eigenvalue weighted by molar-refractivity contribution is 5.95. The maximum Gasteiger partial charge on any atom is 0.419 e. The van der Waals surface area contributed by atoms with Crippen LogP contribution in [0.5, 0.6) is 0 Å². The Morgan fingerprint density at radius 2 is 1.97 bits per heavy atom. The zero-order valence-electron chi connectivity index (χ0n) is 21.5. The number of anilines is 2. The van der Waals surface area contributed by atoms with Gasteiger partial charge in [0.1, 0.15) is 5.56 Å². The standard InChI is InChI=1S/C29H31F3N6/c1-17-3-6-23-24(13-34-26(23)9-17)27-25(29(30,31)32)14-35-28(37-27)36-22-11-19(10-21(12-22)20-4-5-20)16-38-8-7-33-18(2)15-38/h3,6,9-14,18,20,33-34H,4-5,7-8,15-16H2,1-2H3,(H,35,36,37)/t18-/m0/s1. The molecule has 0 bridgehead atoms. The zero-order chi connectivity index (χ0) is 26.4. The largest absolute Gasteiger partial charge is 0.419 e. The molecule has 1 atom stereocenters. The first-order chi connectivity index (χ1) is 18.2. The Balaban J connectivity index is 1.35. The molecule has 0 spiro atoms. The minimum absolute atomic E-state index is 0.140. The number of nitrogens with zero attached hydrogens (tertiary/aromatic N) is 3. The zero-order valence-corrected chi connectivity index (χ0v) is 21.5. The van der Waals surface area contributed by atoms with Crippen LogP contribution in [0, 0.1) is 6.92 Å². The molecule has 1 aliphatic carbocycles. The van der Waals surface area contributed by atoms with Crippen molar-refractivity contribution in [2.75, 3.05) is 25.0 Å². The maximum absolute atomic E-state index is 14.0. The molecule has 0 unspecified atom stereocenters. The lowest BCUT2D eigenvalue weighted by atomic mass is 10.0.